The molecule has 2 aromatic rings. The topological polar surface area (TPSA) is 81.0 Å². The molecule has 128 valence electrons. The summed E-state index contributed by atoms with van der Waals surface area (Å²) in [5.41, 5.74) is 1.59. The van der Waals surface area contributed by atoms with E-state index in [4.69, 9.17) is 14.5 Å². The number of nitro benzene ring substituents is 1. The number of anilines is 2. The van der Waals surface area contributed by atoms with Gasteiger partial charge in [-0.2, -0.15) is 0 Å². The zero-order valence-electron chi connectivity index (χ0n) is 13.1. The minimum atomic E-state index is -0.307. The van der Waals surface area contributed by atoms with Crippen LogP contribution in [0.25, 0.3) is 10.2 Å². The molecule has 0 N–H and O–H groups in total. The maximum absolute atomic E-state index is 11.5. The number of morpholine rings is 2. The normalized spacial score (nSPS) is 19.0. The van der Waals surface area contributed by atoms with Crippen molar-refractivity contribution in [2.75, 3.05) is 62.4 Å². The molecule has 1 aromatic carbocycles. The first-order chi connectivity index (χ1) is 11.7. The van der Waals surface area contributed by atoms with Gasteiger partial charge in [-0.1, -0.05) is 11.3 Å². The number of benzene rings is 1. The van der Waals surface area contributed by atoms with E-state index in [1.165, 1.54) is 11.3 Å². The molecule has 9 heteroatoms. The maximum Gasteiger partial charge on any atom is 0.294 e. The lowest BCUT2D eigenvalue weighted by Crippen LogP contribution is -2.36. The molecule has 24 heavy (non-hydrogen) atoms. The first-order valence-electron chi connectivity index (χ1n) is 7.97. The van der Waals surface area contributed by atoms with Crippen molar-refractivity contribution in [1.29, 1.82) is 0 Å². The van der Waals surface area contributed by atoms with Gasteiger partial charge in [0, 0.05) is 32.2 Å². The minimum absolute atomic E-state index is 0.140. The molecular formula is C15H18N4O4S. The summed E-state index contributed by atoms with van der Waals surface area (Å²) < 4.78 is 11.6. The van der Waals surface area contributed by atoms with Gasteiger partial charge in [-0.3, -0.25) is 10.1 Å². The van der Waals surface area contributed by atoms with E-state index >= 15 is 0 Å². The minimum Gasteiger partial charge on any atom is -0.378 e. The van der Waals surface area contributed by atoms with Crippen LogP contribution in [-0.2, 0) is 9.47 Å². The van der Waals surface area contributed by atoms with E-state index in [2.05, 4.69) is 4.90 Å². The second kappa shape index (κ2) is 6.50. The smallest absolute Gasteiger partial charge is 0.294 e. The Morgan fingerprint density at radius 2 is 1.67 bits per heavy atom. The van der Waals surface area contributed by atoms with Gasteiger partial charge in [-0.15, -0.1) is 0 Å². The van der Waals surface area contributed by atoms with Crippen molar-refractivity contribution in [3.05, 3.63) is 22.2 Å². The van der Waals surface area contributed by atoms with Crippen molar-refractivity contribution >= 4 is 38.1 Å². The molecule has 2 saturated heterocycles. The highest BCUT2D eigenvalue weighted by Gasteiger charge is 2.24. The number of fused-ring (bicyclic) bond motifs is 1. The van der Waals surface area contributed by atoms with Gasteiger partial charge >= 0.3 is 0 Å². The Hall–Kier alpha value is -1.97. The van der Waals surface area contributed by atoms with Crippen LogP contribution < -0.4 is 9.80 Å². The van der Waals surface area contributed by atoms with Gasteiger partial charge < -0.3 is 19.3 Å². The van der Waals surface area contributed by atoms with E-state index in [1.54, 1.807) is 6.07 Å². The summed E-state index contributed by atoms with van der Waals surface area (Å²) in [4.78, 5) is 20.1. The molecule has 0 saturated carbocycles. The predicted molar refractivity (Wildman–Crippen MR) is 92.3 cm³/mol. The molecule has 0 spiro atoms. The molecule has 0 radical (unpaired) electrons. The zero-order chi connectivity index (χ0) is 16.5. The lowest BCUT2D eigenvalue weighted by molar-refractivity contribution is -0.384. The quantitative estimate of drug-likeness (QED) is 0.617. The number of thiazole rings is 1. The Morgan fingerprint density at radius 3 is 2.29 bits per heavy atom. The number of ether oxygens (including phenoxy) is 2. The lowest BCUT2D eigenvalue weighted by atomic mass is 10.2. The van der Waals surface area contributed by atoms with E-state index in [0.29, 0.717) is 45.2 Å². The first-order valence-corrected chi connectivity index (χ1v) is 8.78. The van der Waals surface area contributed by atoms with Crippen LogP contribution in [0.2, 0.25) is 0 Å². The molecule has 2 fully saturated rings. The van der Waals surface area contributed by atoms with Gasteiger partial charge in [0.05, 0.1) is 41.6 Å². The summed E-state index contributed by atoms with van der Waals surface area (Å²) in [6, 6.07) is 3.50. The second-order valence-electron chi connectivity index (χ2n) is 5.76. The number of hydrogen-bond acceptors (Lipinski definition) is 8. The van der Waals surface area contributed by atoms with E-state index in [9.17, 15) is 10.1 Å². The summed E-state index contributed by atoms with van der Waals surface area (Å²) in [6.07, 6.45) is 0. The summed E-state index contributed by atoms with van der Waals surface area (Å²) in [6.45, 7) is 5.48. The first kappa shape index (κ1) is 15.6. The maximum atomic E-state index is 11.5. The second-order valence-corrected chi connectivity index (χ2v) is 6.77. The van der Waals surface area contributed by atoms with Crippen LogP contribution in [0.15, 0.2) is 12.1 Å². The number of rotatable bonds is 3. The van der Waals surface area contributed by atoms with Crippen LogP contribution in [0.4, 0.5) is 16.5 Å². The Balaban J connectivity index is 1.74. The van der Waals surface area contributed by atoms with E-state index in [1.807, 2.05) is 11.0 Å². The van der Waals surface area contributed by atoms with Crippen LogP contribution in [0, 0.1) is 10.1 Å². The molecule has 3 heterocycles. The average Bonchev–Trinajstić information content (AvgIpc) is 3.05. The van der Waals surface area contributed by atoms with Gasteiger partial charge in [0.2, 0.25) is 0 Å². The fourth-order valence-electron chi connectivity index (χ4n) is 3.03. The molecule has 0 atom stereocenters. The Labute approximate surface area is 142 Å². The lowest BCUT2D eigenvalue weighted by Gasteiger charge is -2.28. The van der Waals surface area contributed by atoms with E-state index < -0.39 is 0 Å². The SMILES string of the molecule is O=[N+]([O-])c1cc2sc(N3CCOCC3)nc2cc1N1CCOCC1. The summed E-state index contributed by atoms with van der Waals surface area (Å²) >= 11 is 1.50. The van der Waals surface area contributed by atoms with Crippen molar-refractivity contribution in [1.82, 2.24) is 4.98 Å². The highest BCUT2D eigenvalue weighted by atomic mass is 32.1. The molecular weight excluding hydrogens is 332 g/mol. The van der Waals surface area contributed by atoms with E-state index in [-0.39, 0.29) is 10.6 Å². The number of hydrogen-bond donors (Lipinski definition) is 0. The standard InChI is InChI=1S/C15H18N4O4S/c20-19(21)13-10-14-11(9-12(13)17-1-5-22-6-2-17)16-15(24-14)18-3-7-23-8-4-18/h9-10H,1-8H2. The third-order valence-corrected chi connectivity index (χ3v) is 5.38. The van der Waals surface area contributed by atoms with Gasteiger partial charge in [0.1, 0.15) is 5.69 Å². The Morgan fingerprint density at radius 1 is 1.04 bits per heavy atom. The van der Waals surface area contributed by atoms with Gasteiger partial charge in [0.25, 0.3) is 5.69 Å². The van der Waals surface area contributed by atoms with Crippen LogP contribution in [-0.4, -0.2) is 62.5 Å². The molecule has 0 unspecified atom stereocenters. The average molecular weight is 350 g/mol. The summed E-state index contributed by atoms with van der Waals surface area (Å²) in [7, 11) is 0. The van der Waals surface area contributed by atoms with Crippen molar-refractivity contribution in [2.45, 2.75) is 0 Å². The van der Waals surface area contributed by atoms with Crippen LogP contribution in [0.1, 0.15) is 0 Å². The van der Waals surface area contributed by atoms with Crippen molar-refractivity contribution < 1.29 is 14.4 Å². The van der Waals surface area contributed by atoms with Crippen LogP contribution in [0.3, 0.4) is 0 Å². The fourth-order valence-corrected chi connectivity index (χ4v) is 4.07. The van der Waals surface area contributed by atoms with Crippen molar-refractivity contribution in [2.24, 2.45) is 0 Å². The zero-order valence-corrected chi connectivity index (χ0v) is 14.0. The molecule has 2 aliphatic heterocycles. The van der Waals surface area contributed by atoms with Gasteiger partial charge in [0.15, 0.2) is 5.13 Å². The highest BCUT2D eigenvalue weighted by Crippen LogP contribution is 2.38. The van der Waals surface area contributed by atoms with Gasteiger partial charge in [-0.25, -0.2) is 4.98 Å². The summed E-state index contributed by atoms with van der Waals surface area (Å²) in [5, 5.41) is 12.4. The third kappa shape index (κ3) is 2.90. The molecule has 0 amide bonds. The number of aromatic nitrogens is 1. The summed E-state index contributed by atoms with van der Waals surface area (Å²) in [5.74, 6) is 0. The largest absolute Gasteiger partial charge is 0.378 e. The van der Waals surface area contributed by atoms with E-state index in [0.717, 1.165) is 28.4 Å². The number of nitrogens with zero attached hydrogens (tertiary/aromatic N) is 4. The van der Waals surface area contributed by atoms with Crippen LogP contribution >= 0.6 is 11.3 Å². The van der Waals surface area contributed by atoms with Gasteiger partial charge in [-0.05, 0) is 6.07 Å². The van der Waals surface area contributed by atoms with Crippen molar-refractivity contribution in [3.8, 4) is 0 Å². The van der Waals surface area contributed by atoms with Crippen molar-refractivity contribution in [3.63, 3.8) is 0 Å². The Kier molecular flexibility index (Phi) is 4.21. The number of nitro groups is 1. The molecule has 2 aliphatic rings. The van der Waals surface area contributed by atoms with Crippen LogP contribution in [0.5, 0.6) is 0 Å². The molecule has 1 aromatic heterocycles. The monoisotopic (exact) mass is 350 g/mol. The highest BCUT2D eigenvalue weighted by molar-refractivity contribution is 7.22. The third-order valence-electron chi connectivity index (χ3n) is 4.30. The molecule has 4 rings (SSSR count). The predicted octanol–water partition coefficient (Wildman–Crippen LogP) is 1.88. The molecule has 0 aliphatic carbocycles. The molecule has 8 nitrogen and oxygen atoms in total. The molecule has 0 bridgehead atoms. The Bertz CT molecular complexity index is 753. The fraction of sp³-hybridized carbons (Fsp3) is 0.533.